The van der Waals surface area contributed by atoms with Crippen molar-refractivity contribution in [2.45, 2.75) is 31.7 Å². The number of halogens is 1. The van der Waals surface area contributed by atoms with Gasteiger partial charge in [-0.05, 0) is 66.8 Å². The van der Waals surface area contributed by atoms with Gasteiger partial charge in [0.1, 0.15) is 5.75 Å². The van der Waals surface area contributed by atoms with Crippen molar-refractivity contribution in [1.29, 1.82) is 0 Å². The summed E-state index contributed by atoms with van der Waals surface area (Å²) >= 11 is 5.83. The van der Waals surface area contributed by atoms with Gasteiger partial charge in [-0.3, -0.25) is 4.79 Å². The summed E-state index contributed by atoms with van der Waals surface area (Å²) in [7, 11) is 0. The van der Waals surface area contributed by atoms with Crippen LogP contribution in [0, 0.1) is 0 Å². The average Bonchev–Trinajstić information content (AvgIpc) is 2.56. The zero-order valence-corrected chi connectivity index (χ0v) is 14.2. The Balaban J connectivity index is 1.51. The Morgan fingerprint density at radius 1 is 1.25 bits per heavy atom. The number of ether oxygens (including phenoxy) is 1. The number of fused-ring (bicyclic) bond motifs is 1. The van der Waals surface area contributed by atoms with E-state index in [9.17, 15) is 4.79 Å². The van der Waals surface area contributed by atoms with Crippen molar-refractivity contribution in [2.24, 2.45) is 0 Å². The number of rotatable bonds is 5. The largest absolute Gasteiger partial charge is 0.493 e. The van der Waals surface area contributed by atoms with Crippen molar-refractivity contribution in [3.63, 3.8) is 0 Å². The molecular weight excluding hydrogens is 324 g/mol. The summed E-state index contributed by atoms with van der Waals surface area (Å²) in [6, 6.07) is 13.1. The molecule has 0 aliphatic heterocycles. The highest BCUT2D eigenvalue weighted by Gasteiger charge is 2.21. The summed E-state index contributed by atoms with van der Waals surface area (Å²) in [4.78, 5) is 12.2. The maximum Gasteiger partial charge on any atom is 0.223 e. The zero-order valence-electron chi connectivity index (χ0n) is 13.4. The number of amides is 1. The van der Waals surface area contributed by atoms with Crippen LogP contribution in [0.3, 0.4) is 0 Å². The third-order valence-electron chi connectivity index (χ3n) is 4.23. The lowest BCUT2D eigenvalue weighted by atomic mass is 9.87. The Labute approximate surface area is 147 Å². The highest BCUT2D eigenvalue weighted by Crippen LogP contribution is 2.31. The average molecular weight is 345 g/mol. The van der Waals surface area contributed by atoms with E-state index in [4.69, 9.17) is 22.1 Å². The Bertz CT molecular complexity index is 716. The molecule has 0 spiro atoms. The SMILES string of the molecule is Nc1ccc2c(c1)CCCC2NC(=O)CCOc1ccc(Cl)cc1. The van der Waals surface area contributed by atoms with E-state index in [1.54, 1.807) is 24.3 Å². The molecule has 3 rings (SSSR count). The molecule has 3 N–H and O–H groups in total. The van der Waals surface area contributed by atoms with E-state index in [1.807, 2.05) is 18.2 Å². The Kier molecular flexibility index (Phi) is 5.26. The maximum atomic E-state index is 12.2. The van der Waals surface area contributed by atoms with Gasteiger partial charge in [0.05, 0.1) is 19.1 Å². The lowest BCUT2D eigenvalue weighted by molar-refractivity contribution is -0.122. The molecule has 1 amide bonds. The number of nitrogens with two attached hydrogens (primary N) is 1. The second-order valence-electron chi connectivity index (χ2n) is 6.02. The quantitative estimate of drug-likeness (QED) is 0.809. The molecule has 126 valence electrons. The standard InChI is InChI=1S/C19H21ClN2O2/c20-14-4-7-16(8-5-14)24-11-10-19(23)22-18-3-1-2-13-12-15(21)6-9-17(13)18/h4-9,12,18H,1-3,10-11,21H2,(H,22,23). The van der Waals surface area contributed by atoms with Crippen molar-refractivity contribution in [2.75, 3.05) is 12.3 Å². The van der Waals surface area contributed by atoms with Crippen molar-refractivity contribution in [3.8, 4) is 5.75 Å². The van der Waals surface area contributed by atoms with Crippen molar-refractivity contribution < 1.29 is 9.53 Å². The number of nitrogen functional groups attached to an aromatic ring is 1. The fourth-order valence-corrected chi connectivity index (χ4v) is 3.17. The Morgan fingerprint density at radius 2 is 2.04 bits per heavy atom. The molecule has 0 bridgehead atoms. The van der Waals surface area contributed by atoms with Gasteiger partial charge in [-0.25, -0.2) is 0 Å². The van der Waals surface area contributed by atoms with Gasteiger partial charge in [0.15, 0.2) is 0 Å². The van der Waals surface area contributed by atoms with E-state index >= 15 is 0 Å². The van der Waals surface area contributed by atoms with Crippen molar-refractivity contribution in [1.82, 2.24) is 5.32 Å². The summed E-state index contributed by atoms with van der Waals surface area (Å²) in [5.74, 6) is 0.712. The van der Waals surface area contributed by atoms with Crippen LogP contribution in [-0.4, -0.2) is 12.5 Å². The fraction of sp³-hybridized carbons (Fsp3) is 0.316. The predicted octanol–water partition coefficient (Wildman–Crippen LogP) is 3.88. The normalized spacial score (nSPS) is 16.3. The van der Waals surface area contributed by atoms with Gasteiger partial charge in [0, 0.05) is 10.7 Å². The van der Waals surface area contributed by atoms with Gasteiger partial charge in [-0.1, -0.05) is 17.7 Å². The summed E-state index contributed by atoms with van der Waals surface area (Å²) in [6.45, 7) is 0.342. The predicted molar refractivity (Wildman–Crippen MR) is 96.2 cm³/mol. The first-order chi connectivity index (χ1) is 11.6. The highest BCUT2D eigenvalue weighted by atomic mass is 35.5. The number of benzene rings is 2. The minimum atomic E-state index is -0.00126. The lowest BCUT2D eigenvalue weighted by Gasteiger charge is -2.26. The highest BCUT2D eigenvalue weighted by molar-refractivity contribution is 6.30. The molecule has 0 radical (unpaired) electrons. The topological polar surface area (TPSA) is 64.3 Å². The second-order valence-corrected chi connectivity index (χ2v) is 6.46. The van der Waals surface area contributed by atoms with E-state index < -0.39 is 0 Å². The summed E-state index contributed by atoms with van der Waals surface area (Å²) in [5.41, 5.74) is 9.04. The van der Waals surface area contributed by atoms with Gasteiger partial charge in [-0.2, -0.15) is 0 Å². The van der Waals surface area contributed by atoms with Gasteiger partial charge >= 0.3 is 0 Å². The van der Waals surface area contributed by atoms with Crippen LogP contribution in [0.5, 0.6) is 5.75 Å². The fourth-order valence-electron chi connectivity index (χ4n) is 3.04. The molecule has 2 aromatic carbocycles. The number of hydrogen-bond acceptors (Lipinski definition) is 3. The van der Waals surface area contributed by atoms with Crippen LogP contribution < -0.4 is 15.8 Å². The molecule has 1 unspecified atom stereocenters. The van der Waals surface area contributed by atoms with Crippen LogP contribution >= 0.6 is 11.6 Å². The van der Waals surface area contributed by atoms with Crippen LogP contribution in [0.15, 0.2) is 42.5 Å². The molecule has 0 saturated carbocycles. The molecular formula is C19H21ClN2O2. The van der Waals surface area contributed by atoms with Crippen LogP contribution in [-0.2, 0) is 11.2 Å². The third-order valence-corrected chi connectivity index (χ3v) is 4.48. The number of hydrogen-bond donors (Lipinski definition) is 2. The molecule has 1 atom stereocenters. The number of carbonyl (C=O) groups excluding carboxylic acids is 1. The first kappa shape index (κ1) is 16.7. The van der Waals surface area contributed by atoms with Gasteiger partial charge in [-0.15, -0.1) is 0 Å². The van der Waals surface area contributed by atoms with Crippen molar-refractivity contribution in [3.05, 3.63) is 58.6 Å². The van der Waals surface area contributed by atoms with Gasteiger partial charge in [0.25, 0.3) is 0 Å². The third kappa shape index (κ3) is 4.20. The molecule has 0 fully saturated rings. The maximum absolute atomic E-state index is 12.2. The monoisotopic (exact) mass is 344 g/mol. The first-order valence-corrected chi connectivity index (χ1v) is 8.55. The Morgan fingerprint density at radius 3 is 2.83 bits per heavy atom. The molecule has 0 saturated heterocycles. The summed E-state index contributed by atoms with van der Waals surface area (Å²) in [5, 5.41) is 3.77. The van der Waals surface area contributed by atoms with Crippen LogP contribution in [0.4, 0.5) is 5.69 Å². The molecule has 0 aromatic heterocycles. The van der Waals surface area contributed by atoms with Crippen LogP contribution in [0.2, 0.25) is 5.02 Å². The molecule has 5 heteroatoms. The van der Waals surface area contributed by atoms with Crippen LogP contribution in [0.25, 0.3) is 0 Å². The number of aryl methyl sites for hydroxylation is 1. The van der Waals surface area contributed by atoms with Crippen LogP contribution in [0.1, 0.15) is 36.4 Å². The summed E-state index contributed by atoms with van der Waals surface area (Å²) < 4.78 is 5.57. The minimum absolute atomic E-state index is 0.00126. The Hall–Kier alpha value is -2.20. The van der Waals surface area contributed by atoms with Gasteiger partial charge < -0.3 is 15.8 Å². The summed E-state index contributed by atoms with van der Waals surface area (Å²) in [6.07, 6.45) is 3.36. The van der Waals surface area contributed by atoms with E-state index in [1.165, 1.54) is 11.1 Å². The number of carbonyl (C=O) groups is 1. The molecule has 1 aliphatic carbocycles. The molecule has 4 nitrogen and oxygen atoms in total. The van der Waals surface area contributed by atoms with E-state index in [2.05, 4.69) is 5.32 Å². The number of anilines is 1. The second kappa shape index (κ2) is 7.58. The smallest absolute Gasteiger partial charge is 0.223 e. The van der Waals surface area contributed by atoms with Gasteiger partial charge in [0.2, 0.25) is 5.91 Å². The first-order valence-electron chi connectivity index (χ1n) is 8.18. The lowest BCUT2D eigenvalue weighted by Crippen LogP contribution is -2.31. The number of nitrogens with one attached hydrogen (secondary N) is 1. The molecule has 2 aromatic rings. The zero-order chi connectivity index (χ0) is 16.9. The molecule has 24 heavy (non-hydrogen) atoms. The van der Waals surface area contributed by atoms with E-state index in [0.29, 0.717) is 23.8 Å². The molecule has 1 aliphatic rings. The van der Waals surface area contributed by atoms with E-state index in [-0.39, 0.29) is 11.9 Å². The molecule has 0 heterocycles. The van der Waals surface area contributed by atoms with E-state index in [0.717, 1.165) is 24.9 Å². The minimum Gasteiger partial charge on any atom is -0.493 e. The van der Waals surface area contributed by atoms with Crippen molar-refractivity contribution >= 4 is 23.2 Å².